The Morgan fingerprint density at radius 1 is 1.24 bits per heavy atom. The van der Waals surface area contributed by atoms with Gasteiger partial charge in [-0.3, -0.25) is 15.4 Å². The summed E-state index contributed by atoms with van der Waals surface area (Å²) < 4.78 is 5.26. The normalized spacial score (nSPS) is 25.8. The number of carbonyl (C=O) groups excluding carboxylic acids is 2. The number of para-hydroxylation sites is 1. The summed E-state index contributed by atoms with van der Waals surface area (Å²) in [5.74, 6) is -2.37. The first kappa shape index (κ1) is 9.86. The van der Waals surface area contributed by atoms with Crippen LogP contribution in [0.15, 0.2) is 29.8 Å². The topological polar surface area (TPSA) is 87.7 Å². The Morgan fingerprint density at radius 2 is 2.00 bits per heavy atom. The largest absolute Gasteiger partial charge is 0.440 e. The lowest BCUT2D eigenvalue weighted by Gasteiger charge is -2.37. The van der Waals surface area contributed by atoms with Gasteiger partial charge < -0.3 is 9.84 Å². The van der Waals surface area contributed by atoms with Crippen molar-refractivity contribution in [3.05, 3.63) is 35.4 Å². The van der Waals surface area contributed by atoms with Crippen LogP contribution in [0.4, 0.5) is 4.79 Å². The molecule has 86 valence electrons. The van der Waals surface area contributed by atoms with Crippen LogP contribution in [-0.2, 0) is 4.79 Å². The highest BCUT2D eigenvalue weighted by molar-refractivity contribution is 6.11. The Labute approximate surface area is 95.9 Å². The van der Waals surface area contributed by atoms with E-state index in [1.54, 1.807) is 24.3 Å². The number of hydrogen-bond donors (Lipinski definition) is 3. The van der Waals surface area contributed by atoms with Crippen molar-refractivity contribution in [3.8, 4) is 5.75 Å². The summed E-state index contributed by atoms with van der Waals surface area (Å²) in [5.41, 5.74) is 0.620. The van der Waals surface area contributed by atoms with E-state index in [1.165, 1.54) is 6.08 Å². The van der Waals surface area contributed by atoms with Gasteiger partial charge in [0, 0.05) is 5.56 Å². The molecule has 3 N–H and O–H groups in total. The molecule has 2 aliphatic heterocycles. The van der Waals surface area contributed by atoms with Gasteiger partial charge in [-0.1, -0.05) is 18.2 Å². The molecule has 0 bridgehead atoms. The zero-order valence-corrected chi connectivity index (χ0v) is 8.56. The van der Waals surface area contributed by atoms with Crippen LogP contribution in [0, 0.1) is 0 Å². The van der Waals surface area contributed by atoms with Crippen molar-refractivity contribution in [2.75, 3.05) is 0 Å². The van der Waals surface area contributed by atoms with Gasteiger partial charge in [0.15, 0.2) is 0 Å². The zero-order chi connectivity index (χ0) is 12.0. The lowest BCUT2D eigenvalue weighted by Crippen LogP contribution is -2.65. The molecule has 6 heteroatoms. The maximum Gasteiger partial charge on any atom is 0.327 e. The Hall–Kier alpha value is -2.34. The molecule has 1 saturated heterocycles. The molecule has 1 atom stereocenters. The van der Waals surface area contributed by atoms with Crippen LogP contribution in [0.25, 0.3) is 6.08 Å². The van der Waals surface area contributed by atoms with Crippen molar-refractivity contribution in [1.29, 1.82) is 0 Å². The van der Waals surface area contributed by atoms with Crippen LogP contribution in [0.3, 0.4) is 0 Å². The van der Waals surface area contributed by atoms with E-state index >= 15 is 0 Å². The van der Waals surface area contributed by atoms with E-state index in [2.05, 4.69) is 5.32 Å². The summed E-state index contributed by atoms with van der Waals surface area (Å²) in [6.07, 6.45) is 1.48. The zero-order valence-electron chi connectivity index (χ0n) is 8.56. The average Bonchev–Trinajstić information content (AvgIpc) is 2.25. The minimum atomic E-state index is -2.09. The standard InChI is InChI=1S/C11H8N2O4/c14-9-7-5-6-3-1-2-4-8(6)17-11(7,16)13-10(15)12-9/h1-5,16H,(H2,12,13,14,15)/t11-/m0/s1. The van der Waals surface area contributed by atoms with Gasteiger partial charge in [-0.05, 0) is 12.1 Å². The maximum absolute atomic E-state index is 11.6. The predicted octanol–water partition coefficient (Wildman–Crippen LogP) is -0.0521. The van der Waals surface area contributed by atoms with Crippen LogP contribution in [0.2, 0.25) is 0 Å². The van der Waals surface area contributed by atoms with Crippen molar-refractivity contribution in [3.63, 3.8) is 0 Å². The summed E-state index contributed by atoms with van der Waals surface area (Å²) in [5, 5.41) is 14.3. The minimum Gasteiger partial charge on any atom is -0.440 e. The SMILES string of the molecule is O=C1NC(=O)C2=Cc3ccccc3O[C@]2(O)N1. The third kappa shape index (κ3) is 1.38. The Morgan fingerprint density at radius 3 is 2.82 bits per heavy atom. The van der Waals surface area contributed by atoms with E-state index in [0.29, 0.717) is 11.3 Å². The Balaban J connectivity index is 2.15. The molecule has 0 saturated carbocycles. The summed E-state index contributed by atoms with van der Waals surface area (Å²) in [4.78, 5) is 22.7. The number of aliphatic hydroxyl groups is 1. The third-order valence-corrected chi connectivity index (χ3v) is 2.60. The molecular formula is C11H8N2O4. The molecule has 0 spiro atoms. The fourth-order valence-electron chi connectivity index (χ4n) is 1.83. The first-order valence-electron chi connectivity index (χ1n) is 4.94. The maximum atomic E-state index is 11.6. The summed E-state index contributed by atoms with van der Waals surface area (Å²) in [6, 6.07) is 6.09. The van der Waals surface area contributed by atoms with Gasteiger partial charge in [0.2, 0.25) is 0 Å². The number of urea groups is 1. The van der Waals surface area contributed by atoms with E-state index in [-0.39, 0.29) is 5.57 Å². The van der Waals surface area contributed by atoms with Gasteiger partial charge in [0.05, 0.1) is 0 Å². The fourth-order valence-corrected chi connectivity index (χ4v) is 1.83. The first-order chi connectivity index (χ1) is 8.08. The van der Waals surface area contributed by atoms with Crippen molar-refractivity contribution in [1.82, 2.24) is 10.6 Å². The second-order valence-electron chi connectivity index (χ2n) is 3.75. The number of imide groups is 1. The molecule has 1 fully saturated rings. The second-order valence-corrected chi connectivity index (χ2v) is 3.75. The van der Waals surface area contributed by atoms with E-state index in [4.69, 9.17) is 4.74 Å². The van der Waals surface area contributed by atoms with Crippen molar-refractivity contribution in [2.24, 2.45) is 0 Å². The van der Waals surface area contributed by atoms with Crippen molar-refractivity contribution < 1.29 is 19.4 Å². The van der Waals surface area contributed by atoms with Gasteiger partial charge in [-0.25, -0.2) is 4.79 Å². The third-order valence-electron chi connectivity index (χ3n) is 2.60. The quantitative estimate of drug-likeness (QED) is 0.585. The fraction of sp³-hybridized carbons (Fsp3) is 0.0909. The van der Waals surface area contributed by atoms with Gasteiger partial charge in [-0.15, -0.1) is 0 Å². The number of ether oxygens (including phenoxy) is 1. The van der Waals surface area contributed by atoms with Gasteiger partial charge >= 0.3 is 11.9 Å². The smallest absolute Gasteiger partial charge is 0.327 e. The lowest BCUT2D eigenvalue weighted by atomic mass is 10.0. The molecule has 2 heterocycles. The molecule has 0 aromatic heterocycles. The highest BCUT2D eigenvalue weighted by Gasteiger charge is 2.47. The number of hydrogen-bond acceptors (Lipinski definition) is 4. The molecule has 1 aromatic carbocycles. The van der Waals surface area contributed by atoms with Gasteiger partial charge in [-0.2, -0.15) is 0 Å². The van der Waals surface area contributed by atoms with Crippen LogP contribution >= 0.6 is 0 Å². The minimum absolute atomic E-state index is 0.0456. The number of fused-ring (bicyclic) bond motifs is 2. The lowest BCUT2D eigenvalue weighted by molar-refractivity contribution is -0.145. The van der Waals surface area contributed by atoms with Crippen LogP contribution in [0.5, 0.6) is 5.75 Å². The summed E-state index contributed by atoms with van der Waals surface area (Å²) in [6.45, 7) is 0. The first-order valence-corrected chi connectivity index (χ1v) is 4.94. The Bertz CT molecular complexity index is 566. The number of rotatable bonds is 0. The predicted molar refractivity (Wildman–Crippen MR) is 56.7 cm³/mol. The molecular weight excluding hydrogens is 224 g/mol. The number of benzene rings is 1. The van der Waals surface area contributed by atoms with Crippen molar-refractivity contribution >= 4 is 18.0 Å². The summed E-state index contributed by atoms with van der Waals surface area (Å²) in [7, 11) is 0. The molecule has 3 rings (SSSR count). The molecule has 0 radical (unpaired) electrons. The highest BCUT2D eigenvalue weighted by atomic mass is 16.6. The molecule has 17 heavy (non-hydrogen) atoms. The highest BCUT2D eigenvalue weighted by Crippen LogP contribution is 2.33. The number of carbonyl (C=O) groups is 2. The molecule has 2 aliphatic rings. The van der Waals surface area contributed by atoms with Crippen LogP contribution < -0.4 is 15.4 Å². The van der Waals surface area contributed by atoms with Crippen molar-refractivity contribution in [2.45, 2.75) is 5.91 Å². The van der Waals surface area contributed by atoms with E-state index < -0.39 is 17.8 Å². The molecule has 0 aliphatic carbocycles. The number of nitrogens with one attached hydrogen (secondary N) is 2. The monoisotopic (exact) mass is 232 g/mol. The number of amides is 3. The van der Waals surface area contributed by atoms with Gasteiger partial charge in [0.25, 0.3) is 5.91 Å². The summed E-state index contributed by atoms with van der Waals surface area (Å²) >= 11 is 0. The Kier molecular flexibility index (Phi) is 1.79. The molecule has 3 amide bonds. The second kappa shape index (κ2) is 3.08. The molecule has 6 nitrogen and oxygen atoms in total. The molecule has 1 aromatic rings. The van der Waals surface area contributed by atoms with E-state index in [9.17, 15) is 14.7 Å². The average molecular weight is 232 g/mol. The van der Waals surface area contributed by atoms with E-state index in [0.717, 1.165) is 0 Å². The van der Waals surface area contributed by atoms with Crippen LogP contribution in [-0.4, -0.2) is 23.0 Å². The van der Waals surface area contributed by atoms with Crippen LogP contribution in [0.1, 0.15) is 5.56 Å². The van der Waals surface area contributed by atoms with Gasteiger partial charge in [0.1, 0.15) is 11.3 Å². The van der Waals surface area contributed by atoms with E-state index in [1.807, 2.05) is 5.32 Å². The molecule has 0 unspecified atom stereocenters.